The van der Waals surface area contributed by atoms with Crippen LogP contribution in [0, 0.1) is 22.9 Å². The summed E-state index contributed by atoms with van der Waals surface area (Å²) in [6.45, 7) is 2.14. The number of hydrogen-bond acceptors (Lipinski definition) is 2. The van der Waals surface area contributed by atoms with Gasteiger partial charge in [0, 0.05) is 23.1 Å². The van der Waals surface area contributed by atoms with Crippen LogP contribution in [0.1, 0.15) is 56.3 Å². The molecule has 0 radical (unpaired) electrons. The van der Waals surface area contributed by atoms with Gasteiger partial charge in [0.05, 0.1) is 11.0 Å². The lowest BCUT2D eigenvalue weighted by Gasteiger charge is -2.32. The number of nitrogens with one attached hydrogen (secondary N) is 1. The molecule has 2 aromatic heterocycles. The van der Waals surface area contributed by atoms with Crippen LogP contribution in [-0.4, -0.2) is 15.0 Å². The van der Waals surface area contributed by atoms with Crippen molar-refractivity contribution in [1.29, 1.82) is 0 Å². The van der Waals surface area contributed by atoms with Gasteiger partial charge in [0.1, 0.15) is 28.0 Å². The Morgan fingerprint density at radius 1 is 1.06 bits per heavy atom. The van der Waals surface area contributed by atoms with E-state index in [1.54, 1.807) is 18.3 Å². The molecule has 1 spiro atoms. The van der Waals surface area contributed by atoms with Gasteiger partial charge in [-0.25, -0.2) is 18.2 Å². The van der Waals surface area contributed by atoms with Crippen molar-refractivity contribution in [2.45, 2.75) is 50.4 Å². The van der Waals surface area contributed by atoms with Crippen LogP contribution in [0.15, 0.2) is 36.5 Å². The third kappa shape index (κ3) is 2.75. The maximum atomic E-state index is 14.3. The minimum absolute atomic E-state index is 0.0763. The number of hydrogen-bond donors (Lipinski definition) is 1. The molecule has 2 aromatic carbocycles. The zero-order valence-electron chi connectivity index (χ0n) is 17.5. The van der Waals surface area contributed by atoms with Gasteiger partial charge in [-0.15, -0.1) is 0 Å². The quantitative estimate of drug-likeness (QED) is 0.325. The van der Waals surface area contributed by atoms with E-state index in [-0.39, 0.29) is 32.7 Å². The molecular weight excluding hydrogens is 435 g/mol. The third-order valence-electron chi connectivity index (χ3n) is 7.99. The number of halogens is 4. The lowest BCUT2D eigenvalue weighted by Crippen LogP contribution is -2.23. The summed E-state index contributed by atoms with van der Waals surface area (Å²) in [4.78, 5) is 12.0. The summed E-state index contributed by atoms with van der Waals surface area (Å²) in [7, 11) is 0. The zero-order valence-corrected chi connectivity index (χ0v) is 18.2. The van der Waals surface area contributed by atoms with Crippen LogP contribution in [-0.2, 0) is 5.41 Å². The Hall–Kier alpha value is -2.60. The lowest BCUT2D eigenvalue weighted by molar-refractivity contribution is 0.269. The molecule has 3 nitrogen and oxygen atoms in total. The third-order valence-corrected chi connectivity index (χ3v) is 8.36. The molecule has 2 fully saturated rings. The van der Waals surface area contributed by atoms with E-state index in [1.807, 2.05) is 6.07 Å². The molecule has 32 heavy (non-hydrogen) atoms. The Labute approximate surface area is 188 Å². The largest absolute Gasteiger partial charge is 0.340 e. The summed E-state index contributed by atoms with van der Waals surface area (Å²) in [5.74, 6) is -0.725. The van der Waals surface area contributed by atoms with E-state index in [4.69, 9.17) is 11.6 Å². The second-order valence-corrected chi connectivity index (χ2v) is 9.97. The first kappa shape index (κ1) is 20.0. The molecule has 7 heteroatoms. The highest BCUT2D eigenvalue weighted by atomic mass is 35.5. The molecule has 164 valence electrons. The summed E-state index contributed by atoms with van der Waals surface area (Å²) in [6.07, 6.45) is 6.70. The average Bonchev–Trinajstić information content (AvgIpc) is 3.13. The standard InChI is InChI=1S/C25H21ClF3N3/c1-24(23-31-21-18(29)11-17(28)20(26)22(21)32-23)12-25(24)7-4-13(5-8-25)15-6-9-30-19-3-2-14(27)10-16(15)19/h2-3,6,9-11,13H,4-5,7-8,12H2,1H3,(H,31,32)/t13-,24?,25-. The Bertz CT molecular complexity index is 1390. The van der Waals surface area contributed by atoms with E-state index >= 15 is 0 Å². The van der Waals surface area contributed by atoms with E-state index in [0.29, 0.717) is 11.7 Å². The highest BCUT2D eigenvalue weighted by Gasteiger charge is 2.66. The molecule has 2 aliphatic carbocycles. The number of benzene rings is 2. The number of H-pyrrole nitrogens is 1. The number of nitrogens with zero attached hydrogens (tertiary/aromatic N) is 2. The van der Waals surface area contributed by atoms with Crippen molar-refractivity contribution in [2.75, 3.05) is 0 Å². The van der Waals surface area contributed by atoms with Crippen LogP contribution < -0.4 is 0 Å². The van der Waals surface area contributed by atoms with Gasteiger partial charge in [-0.1, -0.05) is 18.5 Å². The van der Waals surface area contributed by atoms with Gasteiger partial charge in [-0.2, -0.15) is 0 Å². The molecule has 0 amide bonds. The predicted molar refractivity (Wildman–Crippen MR) is 118 cm³/mol. The first-order valence-electron chi connectivity index (χ1n) is 10.9. The van der Waals surface area contributed by atoms with Gasteiger partial charge in [0.2, 0.25) is 0 Å². The maximum absolute atomic E-state index is 14.3. The van der Waals surface area contributed by atoms with Gasteiger partial charge in [-0.05, 0) is 73.3 Å². The molecule has 0 aliphatic heterocycles. The number of rotatable bonds is 2. The minimum atomic E-state index is -0.788. The average molecular weight is 456 g/mol. The van der Waals surface area contributed by atoms with E-state index in [1.165, 1.54) is 6.07 Å². The van der Waals surface area contributed by atoms with Gasteiger partial charge in [-0.3, -0.25) is 4.98 Å². The van der Waals surface area contributed by atoms with E-state index in [9.17, 15) is 13.2 Å². The van der Waals surface area contributed by atoms with Gasteiger partial charge in [0.15, 0.2) is 5.82 Å². The Kier molecular flexibility index (Phi) is 4.20. The van der Waals surface area contributed by atoms with Crippen LogP contribution >= 0.6 is 11.6 Å². The highest BCUT2D eigenvalue weighted by Crippen LogP contribution is 2.71. The molecule has 0 saturated heterocycles. The minimum Gasteiger partial charge on any atom is -0.340 e. The first-order valence-corrected chi connectivity index (χ1v) is 11.3. The Morgan fingerprint density at radius 3 is 2.62 bits per heavy atom. The molecule has 2 heterocycles. The molecule has 0 bridgehead atoms. The number of aromatic amines is 1. The second kappa shape index (κ2) is 6.70. The molecule has 1 unspecified atom stereocenters. The monoisotopic (exact) mass is 455 g/mol. The van der Waals surface area contributed by atoms with Gasteiger partial charge < -0.3 is 4.98 Å². The van der Waals surface area contributed by atoms with E-state index < -0.39 is 11.6 Å². The zero-order chi connectivity index (χ0) is 22.3. The van der Waals surface area contributed by atoms with Crippen molar-refractivity contribution >= 4 is 33.5 Å². The molecule has 6 rings (SSSR count). The fourth-order valence-corrected chi connectivity index (χ4v) is 6.19. The fraction of sp³-hybridized carbons (Fsp3) is 0.360. The topological polar surface area (TPSA) is 41.6 Å². The maximum Gasteiger partial charge on any atom is 0.154 e. The van der Waals surface area contributed by atoms with Crippen LogP contribution in [0.2, 0.25) is 5.02 Å². The highest BCUT2D eigenvalue weighted by molar-refractivity contribution is 6.35. The number of pyridine rings is 1. The van der Waals surface area contributed by atoms with Crippen LogP contribution in [0.25, 0.3) is 21.9 Å². The van der Waals surface area contributed by atoms with Gasteiger partial charge >= 0.3 is 0 Å². The summed E-state index contributed by atoms with van der Waals surface area (Å²) in [6, 6.07) is 7.54. The molecule has 2 aliphatic rings. The molecule has 4 aromatic rings. The fourth-order valence-electron chi connectivity index (χ4n) is 6.00. The molecule has 1 atom stereocenters. The van der Waals surface area contributed by atoms with E-state index in [0.717, 1.165) is 54.6 Å². The van der Waals surface area contributed by atoms with Crippen LogP contribution in [0.3, 0.4) is 0 Å². The number of fused-ring (bicyclic) bond motifs is 2. The van der Waals surface area contributed by atoms with Crippen molar-refractivity contribution in [1.82, 2.24) is 15.0 Å². The van der Waals surface area contributed by atoms with Crippen molar-refractivity contribution in [2.24, 2.45) is 5.41 Å². The molecular formula is C25H21ClF3N3. The smallest absolute Gasteiger partial charge is 0.154 e. The van der Waals surface area contributed by atoms with Crippen molar-refractivity contribution < 1.29 is 13.2 Å². The second-order valence-electron chi connectivity index (χ2n) is 9.59. The van der Waals surface area contributed by atoms with Crippen molar-refractivity contribution in [3.8, 4) is 0 Å². The summed E-state index contributed by atoms with van der Waals surface area (Å²) in [5.41, 5.74) is 2.13. The lowest BCUT2D eigenvalue weighted by atomic mass is 9.73. The Morgan fingerprint density at radius 2 is 1.84 bits per heavy atom. The summed E-state index contributed by atoms with van der Waals surface area (Å²) < 4.78 is 42.0. The SMILES string of the molecule is CC1(c2nc3c(F)cc(F)c(Cl)c3[nH]2)C[C@]12CC[C@@H](c1ccnc3ccc(F)cc31)CC2. The molecule has 1 N–H and O–H groups in total. The molecule has 2 saturated carbocycles. The van der Waals surface area contributed by atoms with E-state index in [2.05, 4.69) is 21.9 Å². The van der Waals surface area contributed by atoms with Crippen LogP contribution in [0.5, 0.6) is 0 Å². The first-order chi connectivity index (χ1) is 15.3. The van der Waals surface area contributed by atoms with Crippen molar-refractivity contribution in [3.05, 3.63) is 70.4 Å². The number of imidazole rings is 1. The summed E-state index contributed by atoms with van der Waals surface area (Å²) >= 11 is 6.06. The van der Waals surface area contributed by atoms with Crippen LogP contribution in [0.4, 0.5) is 13.2 Å². The summed E-state index contributed by atoms with van der Waals surface area (Å²) in [5, 5.41) is 0.760. The Balaban J connectivity index is 1.29. The van der Waals surface area contributed by atoms with Crippen molar-refractivity contribution in [3.63, 3.8) is 0 Å². The van der Waals surface area contributed by atoms with Gasteiger partial charge in [0.25, 0.3) is 0 Å². The normalized spacial score (nSPS) is 27.5. The number of aromatic nitrogens is 3. The predicted octanol–water partition coefficient (Wildman–Crippen LogP) is 7.19.